The van der Waals surface area contributed by atoms with Crippen molar-refractivity contribution in [1.82, 2.24) is 9.97 Å². The summed E-state index contributed by atoms with van der Waals surface area (Å²) in [4.78, 5) is 10.9. The molecule has 1 aromatic heterocycles. The summed E-state index contributed by atoms with van der Waals surface area (Å²) in [5.41, 5.74) is 2.27. The van der Waals surface area contributed by atoms with Crippen molar-refractivity contribution in [2.75, 3.05) is 35.2 Å². The zero-order chi connectivity index (χ0) is 17.4. The lowest BCUT2D eigenvalue weighted by atomic mass is 10.1. The molecule has 0 radical (unpaired) electrons. The molecule has 5 heteroatoms. The van der Waals surface area contributed by atoms with Gasteiger partial charge in [0.05, 0.1) is 0 Å². The van der Waals surface area contributed by atoms with Gasteiger partial charge in [-0.05, 0) is 50.5 Å². The molecule has 0 saturated carbocycles. The molecule has 0 spiro atoms. The van der Waals surface area contributed by atoms with Gasteiger partial charge in [-0.15, -0.1) is 0 Å². The van der Waals surface area contributed by atoms with E-state index in [1.807, 2.05) is 6.07 Å². The fourth-order valence-electron chi connectivity index (χ4n) is 2.50. The second-order valence-electron chi connectivity index (χ2n) is 6.24. The number of anilines is 4. The van der Waals surface area contributed by atoms with Crippen LogP contribution in [0.1, 0.15) is 34.1 Å². The van der Waals surface area contributed by atoms with Gasteiger partial charge in [-0.3, -0.25) is 0 Å². The monoisotopic (exact) mass is 327 g/mol. The van der Waals surface area contributed by atoms with E-state index in [-0.39, 0.29) is 0 Å². The van der Waals surface area contributed by atoms with Crippen LogP contribution in [0.5, 0.6) is 0 Å². The van der Waals surface area contributed by atoms with E-state index in [9.17, 15) is 0 Å². The predicted molar refractivity (Wildman–Crippen MR) is 103 cm³/mol. The van der Waals surface area contributed by atoms with Crippen molar-refractivity contribution >= 4 is 23.0 Å². The molecule has 1 aromatic carbocycles. The Labute approximate surface area is 145 Å². The third-order valence-corrected chi connectivity index (χ3v) is 3.96. The van der Waals surface area contributed by atoms with Gasteiger partial charge < -0.3 is 15.5 Å². The zero-order valence-corrected chi connectivity index (χ0v) is 15.2. The smallest absolute Gasteiger partial charge is 0.135 e. The second-order valence-corrected chi connectivity index (χ2v) is 6.24. The van der Waals surface area contributed by atoms with Crippen molar-refractivity contribution in [2.45, 2.75) is 34.1 Å². The first-order valence-electron chi connectivity index (χ1n) is 8.80. The van der Waals surface area contributed by atoms with Gasteiger partial charge in [-0.25, -0.2) is 9.97 Å². The maximum absolute atomic E-state index is 4.30. The lowest BCUT2D eigenvalue weighted by molar-refractivity contribution is 0.606. The Morgan fingerprint density at radius 2 is 1.67 bits per heavy atom. The van der Waals surface area contributed by atoms with Crippen LogP contribution >= 0.6 is 0 Å². The fraction of sp³-hybridized carbons (Fsp3) is 0.474. The topological polar surface area (TPSA) is 53.1 Å². The maximum Gasteiger partial charge on any atom is 0.135 e. The van der Waals surface area contributed by atoms with Gasteiger partial charge in [0.2, 0.25) is 0 Å². The minimum Gasteiger partial charge on any atom is -0.372 e. The van der Waals surface area contributed by atoms with E-state index >= 15 is 0 Å². The van der Waals surface area contributed by atoms with Crippen molar-refractivity contribution in [3.8, 4) is 0 Å². The summed E-state index contributed by atoms with van der Waals surface area (Å²) in [5.74, 6) is 2.34. The van der Waals surface area contributed by atoms with Crippen molar-refractivity contribution in [1.29, 1.82) is 0 Å². The van der Waals surface area contributed by atoms with Crippen LogP contribution in [0.4, 0.5) is 23.0 Å². The lowest BCUT2D eigenvalue weighted by Crippen LogP contribution is -2.21. The van der Waals surface area contributed by atoms with Crippen molar-refractivity contribution in [2.24, 2.45) is 5.92 Å². The SMILES string of the molecule is CCN(CC)c1ccc(Nc2cc(NCCC(C)C)ncn2)cc1. The van der Waals surface area contributed by atoms with Gasteiger partial charge in [0.15, 0.2) is 0 Å². The largest absolute Gasteiger partial charge is 0.372 e. The molecule has 24 heavy (non-hydrogen) atoms. The molecule has 0 aliphatic carbocycles. The number of aromatic nitrogens is 2. The standard InChI is InChI=1S/C19H29N5/c1-5-24(6-2)17-9-7-16(8-10-17)23-19-13-18(21-14-22-19)20-12-11-15(3)4/h7-10,13-15H,5-6,11-12H2,1-4H3,(H2,20,21,22,23). The van der Waals surface area contributed by atoms with Crippen molar-refractivity contribution < 1.29 is 0 Å². The summed E-state index contributed by atoms with van der Waals surface area (Å²) < 4.78 is 0. The Balaban J connectivity index is 1.98. The quantitative estimate of drug-likeness (QED) is 0.709. The first-order chi connectivity index (χ1) is 11.6. The van der Waals surface area contributed by atoms with E-state index < -0.39 is 0 Å². The van der Waals surface area contributed by atoms with Crippen LogP contribution in [0.3, 0.4) is 0 Å². The molecule has 2 aromatic rings. The van der Waals surface area contributed by atoms with E-state index in [0.717, 1.165) is 43.4 Å². The van der Waals surface area contributed by atoms with Crippen LogP contribution in [-0.4, -0.2) is 29.6 Å². The second kappa shape index (κ2) is 9.11. The molecule has 2 N–H and O–H groups in total. The van der Waals surface area contributed by atoms with Crippen LogP contribution in [-0.2, 0) is 0 Å². The lowest BCUT2D eigenvalue weighted by Gasteiger charge is -2.21. The highest BCUT2D eigenvalue weighted by molar-refractivity contribution is 5.62. The Kier molecular flexibility index (Phi) is 6.85. The van der Waals surface area contributed by atoms with Gasteiger partial charge >= 0.3 is 0 Å². The molecule has 130 valence electrons. The van der Waals surface area contributed by atoms with Gasteiger partial charge in [-0.1, -0.05) is 13.8 Å². The predicted octanol–water partition coefficient (Wildman–Crippen LogP) is 4.52. The number of rotatable bonds is 9. The molecular weight excluding hydrogens is 298 g/mol. The average Bonchev–Trinajstić information content (AvgIpc) is 2.57. The van der Waals surface area contributed by atoms with Crippen LogP contribution in [0.25, 0.3) is 0 Å². The van der Waals surface area contributed by atoms with E-state index in [0.29, 0.717) is 5.92 Å². The van der Waals surface area contributed by atoms with Crippen molar-refractivity contribution in [3.05, 3.63) is 36.7 Å². The molecule has 0 bridgehead atoms. The normalized spacial score (nSPS) is 10.7. The molecule has 1 heterocycles. The van der Waals surface area contributed by atoms with Crippen LogP contribution in [0, 0.1) is 5.92 Å². The average molecular weight is 327 g/mol. The first kappa shape index (κ1) is 18.0. The Bertz CT molecular complexity index is 605. The Hall–Kier alpha value is -2.30. The van der Waals surface area contributed by atoms with Gasteiger partial charge in [0.25, 0.3) is 0 Å². The number of hydrogen-bond acceptors (Lipinski definition) is 5. The summed E-state index contributed by atoms with van der Waals surface area (Å²) in [6.07, 6.45) is 2.71. The minimum absolute atomic E-state index is 0.682. The fourth-order valence-corrected chi connectivity index (χ4v) is 2.50. The number of nitrogens with one attached hydrogen (secondary N) is 2. The summed E-state index contributed by atoms with van der Waals surface area (Å²) in [7, 11) is 0. The summed E-state index contributed by atoms with van der Waals surface area (Å²) in [6.45, 7) is 11.7. The summed E-state index contributed by atoms with van der Waals surface area (Å²) in [5, 5.41) is 6.68. The molecule has 0 saturated heterocycles. The maximum atomic E-state index is 4.30. The minimum atomic E-state index is 0.682. The summed E-state index contributed by atoms with van der Waals surface area (Å²) in [6, 6.07) is 10.4. The molecule has 2 rings (SSSR count). The third kappa shape index (κ3) is 5.41. The highest BCUT2D eigenvalue weighted by Crippen LogP contribution is 2.21. The van der Waals surface area contributed by atoms with Crippen LogP contribution < -0.4 is 15.5 Å². The van der Waals surface area contributed by atoms with Crippen LogP contribution in [0.2, 0.25) is 0 Å². The van der Waals surface area contributed by atoms with Gasteiger partial charge in [0.1, 0.15) is 18.0 Å². The van der Waals surface area contributed by atoms with Crippen LogP contribution in [0.15, 0.2) is 36.7 Å². The molecule has 0 amide bonds. The number of benzene rings is 1. The molecule has 0 aliphatic heterocycles. The zero-order valence-electron chi connectivity index (χ0n) is 15.2. The molecule has 5 nitrogen and oxygen atoms in total. The highest BCUT2D eigenvalue weighted by Gasteiger charge is 2.03. The van der Waals surface area contributed by atoms with E-state index in [1.165, 1.54) is 5.69 Å². The first-order valence-corrected chi connectivity index (χ1v) is 8.80. The van der Waals surface area contributed by atoms with E-state index in [2.05, 4.69) is 77.5 Å². The molecule has 0 aliphatic rings. The third-order valence-electron chi connectivity index (χ3n) is 3.96. The number of nitrogens with zero attached hydrogens (tertiary/aromatic N) is 3. The van der Waals surface area contributed by atoms with E-state index in [4.69, 9.17) is 0 Å². The highest BCUT2D eigenvalue weighted by atomic mass is 15.1. The summed E-state index contributed by atoms with van der Waals surface area (Å²) >= 11 is 0. The molecule has 0 unspecified atom stereocenters. The van der Waals surface area contributed by atoms with Gasteiger partial charge in [0, 0.05) is 37.1 Å². The van der Waals surface area contributed by atoms with Gasteiger partial charge in [-0.2, -0.15) is 0 Å². The number of hydrogen-bond donors (Lipinski definition) is 2. The van der Waals surface area contributed by atoms with Crippen molar-refractivity contribution in [3.63, 3.8) is 0 Å². The molecular formula is C19H29N5. The molecule has 0 atom stereocenters. The Morgan fingerprint density at radius 3 is 2.29 bits per heavy atom. The Morgan fingerprint density at radius 1 is 1.00 bits per heavy atom. The molecule has 0 fully saturated rings. The van der Waals surface area contributed by atoms with E-state index in [1.54, 1.807) is 6.33 Å².